The molecule has 1 saturated carbocycles. The molecule has 1 atom stereocenters. The molecule has 5 heteroatoms. The first kappa shape index (κ1) is 12.9. The topological polar surface area (TPSA) is 26.0 Å². The summed E-state index contributed by atoms with van der Waals surface area (Å²) in [7, 11) is 0. The second-order valence-corrected chi connectivity index (χ2v) is 5.37. The summed E-state index contributed by atoms with van der Waals surface area (Å²) in [4.78, 5) is 0. The highest BCUT2D eigenvalue weighted by Gasteiger charge is 2.32. The molecule has 1 fully saturated rings. The van der Waals surface area contributed by atoms with Gasteiger partial charge in [-0.25, -0.2) is 0 Å². The van der Waals surface area contributed by atoms with E-state index in [1.807, 2.05) is 0 Å². The molecular weight excluding hydrogens is 295 g/mol. The maximum atomic E-state index is 12.6. The Labute approximate surface area is 106 Å². The van der Waals surface area contributed by atoms with Gasteiger partial charge in [0.1, 0.15) is 0 Å². The van der Waals surface area contributed by atoms with E-state index in [1.165, 1.54) is 6.07 Å². The SMILES string of the molecule is N[C@H](CC1CC1)c1cc(C(F)(F)F)ccc1Br. The number of halogens is 4. The summed E-state index contributed by atoms with van der Waals surface area (Å²) in [6, 6.07) is 3.32. The van der Waals surface area contributed by atoms with E-state index in [-0.39, 0.29) is 6.04 Å². The molecule has 1 nitrogen and oxygen atoms in total. The lowest BCUT2D eigenvalue weighted by molar-refractivity contribution is -0.137. The van der Waals surface area contributed by atoms with Crippen molar-refractivity contribution in [1.82, 2.24) is 0 Å². The van der Waals surface area contributed by atoms with Crippen LogP contribution in [0.1, 0.15) is 36.4 Å². The van der Waals surface area contributed by atoms with Gasteiger partial charge in [0, 0.05) is 10.5 Å². The molecule has 0 radical (unpaired) electrons. The molecule has 0 aromatic heterocycles. The average Bonchev–Trinajstić information content (AvgIpc) is 3.00. The van der Waals surface area contributed by atoms with Crippen LogP contribution in [0, 0.1) is 5.92 Å². The lowest BCUT2D eigenvalue weighted by Crippen LogP contribution is -2.14. The van der Waals surface area contributed by atoms with Crippen LogP contribution in [-0.2, 0) is 6.18 Å². The third-order valence-electron chi connectivity index (χ3n) is 3.01. The summed E-state index contributed by atoms with van der Waals surface area (Å²) in [5.41, 5.74) is 5.86. The molecule has 1 aromatic carbocycles. The van der Waals surface area contributed by atoms with Crippen LogP contribution in [0.4, 0.5) is 13.2 Å². The third kappa shape index (κ3) is 3.22. The lowest BCUT2D eigenvalue weighted by Gasteiger charge is -2.16. The van der Waals surface area contributed by atoms with Crippen LogP contribution in [-0.4, -0.2) is 0 Å². The van der Waals surface area contributed by atoms with Gasteiger partial charge in [-0.15, -0.1) is 0 Å². The van der Waals surface area contributed by atoms with E-state index in [0.717, 1.165) is 31.4 Å². The lowest BCUT2D eigenvalue weighted by atomic mass is 10.00. The smallest absolute Gasteiger partial charge is 0.324 e. The molecule has 94 valence electrons. The van der Waals surface area contributed by atoms with Gasteiger partial charge in [-0.05, 0) is 36.1 Å². The van der Waals surface area contributed by atoms with Crippen LogP contribution in [0.15, 0.2) is 22.7 Å². The molecule has 0 spiro atoms. The molecular formula is C12H13BrF3N. The highest BCUT2D eigenvalue weighted by atomic mass is 79.9. The molecule has 0 aliphatic heterocycles. The Morgan fingerprint density at radius 3 is 2.53 bits per heavy atom. The van der Waals surface area contributed by atoms with E-state index in [2.05, 4.69) is 15.9 Å². The Kier molecular flexibility index (Phi) is 3.50. The number of benzene rings is 1. The van der Waals surface area contributed by atoms with Crippen molar-refractivity contribution in [2.45, 2.75) is 31.5 Å². The summed E-state index contributed by atoms with van der Waals surface area (Å²) in [5, 5.41) is 0. The Morgan fingerprint density at radius 1 is 1.35 bits per heavy atom. The van der Waals surface area contributed by atoms with Gasteiger partial charge in [-0.3, -0.25) is 0 Å². The summed E-state index contributed by atoms with van der Waals surface area (Å²) < 4.78 is 38.4. The predicted octanol–water partition coefficient (Wildman–Crippen LogP) is 4.27. The van der Waals surface area contributed by atoms with Crippen LogP contribution in [0.3, 0.4) is 0 Å². The fraction of sp³-hybridized carbons (Fsp3) is 0.500. The van der Waals surface area contributed by atoms with Crippen molar-refractivity contribution >= 4 is 15.9 Å². The van der Waals surface area contributed by atoms with Crippen molar-refractivity contribution in [1.29, 1.82) is 0 Å². The van der Waals surface area contributed by atoms with Gasteiger partial charge in [0.15, 0.2) is 0 Å². The van der Waals surface area contributed by atoms with Crippen molar-refractivity contribution in [3.8, 4) is 0 Å². The normalized spacial score (nSPS) is 18.2. The van der Waals surface area contributed by atoms with Gasteiger partial charge in [0.05, 0.1) is 5.56 Å². The number of hydrogen-bond acceptors (Lipinski definition) is 1. The zero-order valence-corrected chi connectivity index (χ0v) is 10.7. The molecule has 0 amide bonds. The predicted molar refractivity (Wildman–Crippen MR) is 63.4 cm³/mol. The standard InChI is InChI=1S/C12H13BrF3N/c13-10-4-3-8(12(14,15)16)6-9(10)11(17)5-7-1-2-7/h3-4,6-7,11H,1-2,5,17H2/t11-/m1/s1. The monoisotopic (exact) mass is 307 g/mol. The van der Waals surface area contributed by atoms with Crippen molar-refractivity contribution in [2.24, 2.45) is 11.7 Å². The number of nitrogens with two attached hydrogens (primary N) is 1. The maximum absolute atomic E-state index is 12.6. The summed E-state index contributed by atoms with van der Waals surface area (Å²) in [6.45, 7) is 0. The van der Waals surface area contributed by atoms with Gasteiger partial charge < -0.3 is 5.73 Å². The van der Waals surface area contributed by atoms with Gasteiger partial charge in [0.2, 0.25) is 0 Å². The van der Waals surface area contributed by atoms with Crippen molar-refractivity contribution < 1.29 is 13.2 Å². The van der Waals surface area contributed by atoms with E-state index in [0.29, 0.717) is 16.0 Å². The Hall–Kier alpha value is -0.550. The number of hydrogen-bond donors (Lipinski definition) is 1. The van der Waals surface area contributed by atoms with Crippen LogP contribution in [0.2, 0.25) is 0 Å². The quantitative estimate of drug-likeness (QED) is 0.887. The summed E-state index contributed by atoms with van der Waals surface area (Å²) >= 11 is 3.26. The molecule has 0 bridgehead atoms. The largest absolute Gasteiger partial charge is 0.416 e. The first-order valence-corrected chi connectivity index (χ1v) is 6.29. The molecule has 1 aromatic rings. The van der Waals surface area contributed by atoms with Crippen molar-refractivity contribution in [3.05, 3.63) is 33.8 Å². The van der Waals surface area contributed by atoms with Crippen molar-refractivity contribution in [3.63, 3.8) is 0 Å². The van der Waals surface area contributed by atoms with E-state index < -0.39 is 11.7 Å². The van der Waals surface area contributed by atoms with Crippen LogP contribution in [0.25, 0.3) is 0 Å². The molecule has 1 aliphatic rings. The maximum Gasteiger partial charge on any atom is 0.416 e. The summed E-state index contributed by atoms with van der Waals surface area (Å²) in [6.07, 6.45) is -1.26. The van der Waals surface area contributed by atoms with Gasteiger partial charge >= 0.3 is 6.18 Å². The van der Waals surface area contributed by atoms with Gasteiger partial charge in [-0.2, -0.15) is 13.2 Å². The Morgan fingerprint density at radius 2 is 2.00 bits per heavy atom. The zero-order chi connectivity index (χ0) is 12.6. The molecule has 2 N–H and O–H groups in total. The highest BCUT2D eigenvalue weighted by molar-refractivity contribution is 9.10. The number of alkyl halides is 3. The molecule has 0 unspecified atom stereocenters. The molecule has 17 heavy (non-hydrogen) atoms. The zero-order valence-electron chi connectivity index (χ0n) is 9.10. The second kappa shape index (κ2) is 4.61. The minimum absolute atomic E-state index is 0.320. The first-order valence-electron chi connectivity index (χ1n) is 5.50. The van der Waals surface area contributed by atoms with Gasteiger partial charge in [0.25, 0.3) is 0 Å². The van der Waals surface area contributed by atoms with E-state index >= 15 is 0 Å². The van der Waals surface area contributed by atoms with Crippen LogP contribution >= 0.6 is 15.9 Å². The molecule has 2 rings (SSSR count). The fourth-order valence-electron chi connectivity index (χ4n) is 1.84. The third-order valence-corrected chi connectivity index (χ3v) is 3.73. The molecule has 0 heterocycles. The van der Waals surface area contributed by atoms with Gasteiger partial charge in [-0.1, -0.05) is 28.8 Å². The van der Waals surface area contributed by atoms with Crippen LogP contribution < -0.4 is 5.73 Å². The van der Waals surface area contributed by atoms with E-state index in [4.69, 9.17) is 5.73 Å². The fourth-order valence-corrected chi connectivity index (χ4v) is 2.38. The minimum Gasteiger partial charge on any atom is -0.324 e. The van der Waals surface area contributed by atoms with Crippen molar-refractivity contribution in [2.75, 3.05) is 0 Å². The van der Waals surface area contributed by atoms with Crippen LogP contribution in [0.5, 0.6) is 0 Å². The average molecular weight is 308 g/mol. The Balaban J connectivity index is 2.24. The summed E-state index contributed by atoms with van der Waals surface area (Å²) in [5.74, 6) is 0.589. The molecule has 1 aliphatic carbocycles. The number of rotatable bonds is 3. The Bertz CT molecular complexity index is 413. The minimum atomic E-state index is -4.31. The molecule has 0 saturated heterocycles. The second-order valence-electron chi connectivity index (χ2n) is 4.52. The highest BCUT2D eigenvalue weighted by Crippen LogP contribution is 2.39. The van der Waals surface area contributed by atoms with E-state index in [1.54, 1.807) is 0 Å². The first-order chi connectivity index (χ1) is 7.88. The van der Waals surface area contributed by atoms with E-state index in [9.17, 15) is 13.2 Å².